The molecular formula is C14H22N2O3. The molecule has 106 valence electrons. The largest absolute Gasteiger partial charge is 0.493 e. The van der Waals surface area contributed by atoms with E-state index in [1.165, 1.54) is 0 Å². The Morgan fingerprint density at radius 3 is 2.63 bits per heavy atom. The minimum absolute atomic E-state index is 0.00920. The normalized spacial score (nSPS) is 11.8. The van der Waals surface area contributed by atoms with E-state index in [1.807, 2.05) is 13.8 Å². The molecule has 0 saturated carbocycles. The van der Waals surface area contributed by atoms with E-state index in [1.54, 1.807) is 37.3 Å². The second kappa shape index (κ2) is 6.99. The van der Waals surface area contributed by atoms with Gasteiger partial charge in [0, 0.05) is 25.2 Å². The number of nitrogens with two attached hydrogens (primary N) is 1. The van der Waals surface area contributed by atoms with Gasteiger partial charge in [0.1, 0.15) is 0 Å². The predicted molar refractivity (Wildman–Crippen MR) is 74.8 cm³/mol. The van der Waals surface area contributed by atoms with Gasteiger partial charge in [-0.1, -0.05) is 0 Å². The van der Waals surface area contributed by atoms with E-state index in [0.29, 0.717) is 30.2 Å². The molecule has 0 fully saturated rings. The summed E-state index contributed by atoms with van der Waals surface area (Å²) in [5.74, 6) is 1.11. The van der Waals surface area contributed by atoms with Gasteiger partial charge in [0.05, 0.1) is 13.7 Å². The fraction of sp³-hybridized carbons (Fsp3) is 0.500. The lowest BCUT2D eigenvalue weighted by atomic mass is 10.1. The van der Waals surface area contributed by atoms with Crippen molar-refractivity contribution in [3.8, 4) is 11.5 Å². The van der Waals surface area contributed by atoms with Gasteiger partial charge in [0.15, 0.2) is 11.5 Å². The zero-order valence-corrected chi connectivity index (χ0v) is 12.0. The van der Waals surface area contributed by atoms with E-state index in [0.717, 1.165) is 0 Å². The molecule has 0 saturated heterocycles. The summed E-state index contributed by atoms with van der Waals surface area (Å²) >= 11 is 0. The van der Waals surface area contributed by atoms with Gasteiger partial charge in [-0.05, 0) is 32.0 Å². The molecule has 19 heavy (non-hydrogen) atoms. The Morgan fingerprint density at radius 1 is 1.42 bits per heavy atom. The van der Waals surface area contributed by atoms with Crippen LogP contribution in [0.4, 0.5) is 0 Å². The number of hydrogen-bond donors (Lipinski definition) is 1. The Balaban J connectivity index is 2.98. The molecular weight excluding hydrogens is 244 g/mol. The number of likely N-dealkylation sites (N-methyl/N-ethyl adjacent to an activating group) is 1. The molecule has 5 heteroatoms. The fourth-order valence-electron chi connectivity index (χ4n) is 1.64. The predicted octanol–water partition coefficient (Wildman–Crippen LogP) is 1.51. The van der Waals surface area contributed by atoms with Crippen LogP contribution in [0.5, 0.6) is 11.5 Å². The van der Waals surface area contributed by atoms with Crippen LogP contribution in [0.1, 0.15) is 24.2 Å². The molecule has 0 aliphatic heterocycles. The average molecular weight is 266 g/mol. The highest BCUT2D eigenvalue weighted by molar-refractivity contribution is 5.95. The molecule has 1 aromatic rings. The topological polar surface area (TPSA) is 64.8 Å². The first-order valence-corrected chi connectivity index (χ1v) is 6.33. The first-order chi connectivity index (χ1) is 9.04. The van der Waals surface area contributed by atoms with Crippen LogP contribution in [0.25, 0.3) is 0 Å². The summed E-state index contributed by atoms with van der Waals surface area (Å²) in [6.07, 6.45) is 0. The zero-order valence-electron chi connectivity index (χ0n) is 12.0. The van der Waals surface area contributed by atoms with E-state index >= 15 is 0 Å². The van der Waals surface area contributed by atoms with Gasteiger partial charge >= 0.3 is 0 Å². The third-order valence-corrected chi connectivity index (χ3v) is 3.03. The van der Waals surface area contributed by atoms with Gasteiger partial charge in [-0.15, -0.1) is 0 Å². The van der Waals surface area contributed by atoms with Crippen molar-refractivity contribution in [1.29, 1.82) is 0 Å². The third kappa shape index (κ3) is 3.61. The van der Waals surface area contributed by atoms with E-state index in [4.69, 9.17) is 15.2 Å². The number of benzene rings is 1. The van der Waals surface area contributed by atoms with E-state index in [-0.39, 0.29) is 11.9 Å². The molecule has 1 unspecified atom stereocenters. The van der Waals surface area contributed by atoms with Crippen molar-refractivity contribution in [1.82, 2.24) is 4.90 Å². The van der Waals surface area contributed by atoms with Gasteiger partial charge in [-0.2, -0.15) is 0 Å². The second-order valence-corrected chi connectivity index (χ2v) is 4.30. The lowest BCUT2D eigenvalue weighted by Crippen LogP contribution is -2.39. The Kier molecular flexibility index (Phi) is 5.63. The highest BCUT2D eigenvalue weighted by Crippen LogP contribution is 2.28. The van der Waals surface area contributed by atoms with Crippen LogP contribution in [0.15, 0.2) is 18.2 Å². The Bertz CT molecular complexity index is 435. The summed E-state index contributed by atoms with van der Waals surface area (Å²) in [4.78, 5) is 13.9. The van der Waals surface area contributed by atoms with Crippen molar-refractivity contribution in [2.45, 2.75) is 19.9 Å². The molecule has 1 aromatic carbocycles. The molecule has 1 atom stereocenters. The van der Waals surface area contributed by atoms with E-state index in [2.05, 4.69) is 0 Å². The van der Waals surface area contributed by atoms with E-state index < -0.39 is 0 Å². The number of amides is 1. The lowest BCUT2D eigenvalue weighted by Gasteiger charge is -2.24. The van der Waals surface area contributed by atoms with Crippen LogP contribution in [0.2, 0.25) is 0 Å². The minimum Gasteiger partial charge on any atom is -0.493 e. The molecule has 2 N–H and O–H groups in total. The SMILES string of the molecule is CCOc1ccc(C(=O)N(C)C(C)CN)cc1OC. The molecule has 0 aliphatic carbocycles. The lowest BCUT2D eigenvalue weighted by molar-refractivity contribution is 0.0748. The molecule has 0 radical (unpaired) electrons. The fourth-order valence-corrected chi connectivity index (χ4v) is 1.64. The van der Waals surface area contributed by atoms with Crippen molar-refractivity contribution < 1.29 is 14.3 Å². The van der Waals surface area contributed by atoms with Gasteiger partial charge in [-0.3, -0.25) is 4.79 Å². The standard InChI is InChI=1S/C14H22N2O3/c1-5-19-12-7-6-11(8-13(12)18-4)14(17)16(3)10(2)9-15/h6-8,10H,5,9,15H2,1-4H3. The first-order valence-electron chi connectivity index (χ1n) is 6.33. The first kappa shape index (κ1) is 15.3. The van der Waals surface area contributed by atoms with Crippen LogP contribution >= 0.6 is 0 Å². The molecule has 0 spiro atoms. The Hall–Kier alpha value is -1.75. The second-order valence-electron chi connectivity index (χ2n) is 4.30. The van der Waals surface area contributed by atoms with Crippen LogP contribution in [-0.2, 0) is 0 Å². The minimum atomic E-state index is -0.0840. The quantitative estimate of drug-likeness (QED) is 0.847. The van der Waals surface area contributed by atoms with Crippen molar-refractivity contribution in [3.05, 3.63) is 23.8 Å². The average Bonchev–Trinajstić information content (AvgIpc) is 2.45. The molecule has 1 amide bonds. The van der Waals surface area contributed by atoms with Gasteiger partial charge in [0.2, 0.25) is 0 Å². The maximum Gasteiger partial charge on any atom is 0.254 e. The maximum atomic E-state index is 12.3. The van der Waals surface area contributed by atoms with Crippen LogP contribution in [0, 0.1) is 0 Å². The molecule has 0 aromatic heterocycles. The number of nitrogens with zero attached hydrogens (tertiary/aromatic N) is 1. The summed E-state index contributed by atoms with van der Waals surface area (Å²) in [6, 6.07) is 5.16. The summed E-state index contributed by atoms with van der Waals surface area (Å²) in [5, 5.41) is 0. The van der Waals surface area contributed by atoms with Gasteiger partial charge < -0.3 is 20.1 Å². The Labute approximate surface area is 114 Å². The number of ether oxygens (including phenoxy) is 2. The van der Waals surface area contributed by atoms with Gasteiger partial charge in [0.25, 0.3) is 5.91 Å². The Morgan fingerprint density at radius 2 is 2.11 bits per heavy atom. The van der Waals surface area contributed by atoms with Crippen molar-refractivity contribution in [3.63, 3.8) is 0 Å². The monoisotopic (exact) mass is 266 g/mol. The molecule has 0 aliphatic rings. The maximum absolute atomic E-state index is 12.3. The number of carbonyl (C=O) groups is 1. The molecule has 5 nitrogen and oxygen atoms in total. The molecule has 1 rings (SSSR count). The van der Waals surface area contributed by atoms with E-state index in [9.17, 15) is 4.79 Å². The van der Waals surface area contributed by atoms with Crippen molar-refractivity contribution in [2.24, 2.45) is 5.73 Å². The third-order valence-electron chi connectivity index (χ3n) is 3.03. The number of rotatable bonds is 6. The number of hydrogen-bond acceptors (Lipinski definition) is 4. The zero-order chi connectivity index (χ0) is 14.4. The summed E-state index contributed by atoms with van der Waals surface area (Å²) in [5.41, 5.74) is 6.13. The highest BCUT2D eigenvalue weighted by atomic mass is 16.5. The van der Waals surface area contributed by atoms with Crippen molar-refractivity contribution in [2.75, 3.05) is 27.3 Å². The smallest absolute Gasteiger partial charge is 0.254 e. The number of methoxy groups -OCH3 is 1. The summed E-state index contributed by atoms with van der Waals surface area (Å²) < 4.78 is 10.7. The highest BCUT2D eigenvalue weighted by Gasteiger charge is 2.18. The van der Waals surface area contributed by atoms with Crippen molar-refractivity contribution >= 4 is 5.91 Å². The van der Waals surface area contributed by atoms with Crippen LogP contribution in [0.3, 0.4) is 0 Å². The summed E-state index contributed by atoms with van der Waals surface area (Å²) in [7, 11) is 3.29. The van der Waals surface area contributed by atoms with Gasteiger partial charge in [-0.25, -0.2) is 0 Å². The summed E-state index contributed by atoms with van der Waals surface area (Å²) in [6.45, 7) is 4.78. The van der Waals surface area contributed by atoms with Crippen LogP contribution in [-0.4, -0.2) is 44.2 Å². The molecule has 0 heterocycles. The van der Waals surface area contributed by atoms with Crippen LogP contribution < -0.4 is 15.2 Å². The molecule has 0 bridgehead atoms. The number of carbonyl (C=O) groups excluding carboxylic acids is 1.